The Morgan fingerprint density at radius 1 is 1.10 bits per heavy atom. The van der Waals surface area contributed by atoms with E-state index in [9.17, 15) is 27.6 Å². The zero-order valence-electron chi connectivity index (χ0n) is 15.4. The Bertz CT molecular complexity index is 1080. The molecule has 2 aromatic rings. The molecule has 7 nitrogen and oxygen atoms in total. The Kier molecular flexibility index (Phi) is 4.56. The SMILES string of the molecule is COc1ccc(C(=O)C2=NN[C@H]3C(=O)N(c4cccc(C(F)(F)F)c4)C(=O)[C@@H]23)cc1. The number of halogens is 3. The first-order chi connectivity index (χ1) is 14.2. The number of methoxy groups -OCH3 is 1. The lowest BCUT2D eigenvalue weighted by Gasteiger charge is -2.17. The third kappa shape index (κ3) is 3.10. The number of carbonyl (C=O) groups excluding carboxylic acids is 3. The number of ketones is 1. The third-order valence-electron chi connectivity index (χ3n) is 4.94. The molecule has 0 bridgehead atoms. The fraction of sp³-hybridized carbons (Fsp3) is 0.200. The molecule has 2 amide bonds. The fourth-order valence-corrected chi connectivity index (χ4v) is 3.44. The molecule has 4 rings (SSSR count). The van der Waals surface area contributed by atoms with E-state index in [0.717, 1.165) is 18.2 Å². The monoisotopic (exact) mass is 417 g/mol. The Morgan fingerprint density at radius 2 is 1.80 bits per heavy atom. The van der Waals surface area contributed by atoms with Crippen LogP contribution < -0.4 is 15.1 Å². The average molecular weight is 417 g/mol. The molecule has 0 unspecified atom stereocenters. The summed E-state index contributed by atoms with van der Waals surface area (Å²) in [7, 11) is 1.47. The van der Waals surface area contributed by atoms with Crippen LogP contribution in [-0.2, 0) is 15.8 Å². The average Bonchev–Trinajstić information content (AvgIpc) is 3.27. The highest BCUT2D eigenvalue weighted by Crippen LogP contribution is 2.35. The minimum atomic E-state index is -4.63. The zero-order chi connectivity index (χ0) is 21.6. The van der Waals surface area contributed by atoms with Gasteiger partial charge in [0.05, 0.1) is 18.4 Å². The van der Waals surface area contributed by atoms with Crippen molar-refractivity contribution >= 4 is 29.0 Å². The summed E-state index contributed by atoms with van der Waals surface area (Å²) in [5.41, 5.74) is 1.33. The van der Waals surface area contributed by atoms with Crippen LogP contribution in [0.3, 0.4) is 0 Å². The molecule has 0 aliphatic carbocycles. The number of hydrazone groups is 1. The van der Waals surface area contributed by atoms with E-state index in [-0.39, 0.29) is 17.0 Å². The third-order valence-corrected chi connectivity index (χ3v) is 4.94. The fourth-order valence-electron chi connectivity index (χ4n) is 3.44. The molecule has 10 heteroatoms. The maximum Gasteiger partial charge on any atom is 0.416 e. The van der Waals surface area contributed by atoms with Crippen molar-refractivity contribution in [2.24, 2.45) is 11.0 Å². The highest BCUT2D eigenvalue weighted by atomic mass is 19.4. The Balaban J connectivity index is 1.64. The largest absolute Gasteiger partial charge is 0.497 e. The molecule has 1 saturated heterocycles. The van der Waals surface area contributed by atoms with Gasteiger partial charge in [0.15, 0.2) is 0 Å². The van der Waals surface area contributed by atoms with E-state index in [2.05, 4.69) is 10.5 Å². The van der Waals surface area contributed by atoms with E-state index in [4.69, 9.17) is 4.74 Å². The van der Waals surface area contributed by atoms with Crippen molar-refractivity contribution in [3.05, 3.63) is 59.7 Å². The van der Waals surface area contributed by atoms with Gasteiger partial charge in [-0.25, -0.2) is 4.90 Å². The van der Waals surface area contributed by atoms with Crippen molar-refractivity contribution in [2.45, 2.75) is 12.2 Å². The lowest BCUT2D eigenvalue weighted by atomic mass is 9.92. The second-order valence-electron chi connectivity index (χ2n) is 6.70. The van der Waals surface area contributed by atoms with E-state index in [1.165, 1.54) is 25.3 Å². The predicted octanol–water partition coefficient (Wildman–Crippen LogP) is 2.41. The molecule has 30 heavy (non-hydrogen) atoms. The molecule has 0 radical (unpaired) electrons. The topological polar surface area (TPSA) is 88.1 Å². The van der Waals surface area contributed by atoms with E-state index in [1.54, 1.807) is 12.1 Å². The van der Waals surface area contributed by atoms with Gasteiger partial charge in [-0.15, -0.1) is 0 Å². The minimum Gasteiger partial charge on any atom is -0.497 e. The van der Waals surface area contributed by atoms with Crippen molar-refractivity contribution in [1.82, 2.24) is 5.43 Å². The summed E-state index contributed by atoms with van der Waals surface area (Å²) in [4.78, 5) is 39.1. The van der Waals surface area contributed by atoms with Gasteiger partial charge in [-0.2, -0.15) is 18.3 Å². The standard InChI is InChI=1S/C20H14F3N3O4/c1-30-13-7-5-10(6-8-13)17(27)15-14-16(25-24-15)19(29)26(18(14)28)12-4-2-3-11(9-12)20(21,22)23/h2-9,14,16,25H,1H3/t14-,16+/m0/s1. The summed E-state index contributed by atoms with van der Waals surface area (Å²) >= 11 is 0. The van der Waals surface area contributed by atoms with Crippen molar-refractivity contribution in [2.75, 3.05) is 12.0 Å². The normalized spacial score (nSPS) is 20.7. The van der Waals surface area contributed by atoms with Crippen molar-refractivity contribution in [3.63, 3.8) is 0 Å². The van der Waals surface area contributed by atoms with Gasteiger partial charge in [-0.1, -0.05) is 6.07 Å². The van der Waals surface area contributed by atoms with Crippen LogP contribution in [0.5, 0.6) is 5.75 Å². The number of amides is 2. The Hall–Kier alpha value is -3.69. The highest BCUT2D eigenvalue weighted by molar-refractivity contribution is 6.52. The number of imide groups is 1. The van der Waals surface area contributed by atoms with Crippen LogP contribution >= 0.6 is 0 Å². The molecule has 1 fully saturated rings. The first kappa shape index (κ1) is 19.6. The number of rotatable bonds is 4. The number of fused-ring (bicyclic) bond motifs is 1. The molecule has 0 saturated carbocycles. The number of hydrogen-bond donors (Lipinski definition) is 1. The number of ether oxygens (including phenoxy) is 1. The minimum absolute atomic E-state index is 0.169. The lowest BCUT2D eigenvalue weighted by molar-refractivity contribution is -0.137. The second-order valence-corrected chi connectivity index (χ2v) is 6.70. The zero-order valence-corrected chi connectivity index (χ0v) is 15.4. The van der Waals surface area contributed by atoms with Crippen LogP contribution in [0.25, 0.3) is 0 Å². The lowest BCUT2D eigenvalue weighted by Crippen LogP contribution is -2.36. The number of carbonyl (C=O) groups is 3. The Labute approximate surface area is 168 Å². The van der Waals surface area contributed by atoms with Crippen LogP contribution in [0.4, 0.5) is 18.9 Å². The molecule has 2 aliphatic heterocycles. The summed E-state index contributed by atoms with van der Waals surface area (Å²) in [5, 5.41) is 3.86. The molecule has 2 heterocycles. The molecular weight excluding hydrogens is 403 g/mol. The molecule has 2 atom stereocenters. The van der Waals surface area contributed by atoms with Gasteiger partial charge in [0.2, 0.25) is 11.7 Å². The molecule has 1 N–H and O–H groups in total. The van der Waals surface area contributed by atoms with Crippen molar-refractivity contribution in [3.8, 4) is 5.75 Å². The van der Waals surface area contributed by atoms with E-state index >= 15 is 0 Å². The van der Waals surface area contributed by atoms with Crippen LogP contribution in [0.1, 0.15) is 15.9 Å². The number of anilines is 1. The molecule has 154 valence electrons. The summed E-state index contributed by atoms with van der Waals surface area (Å²) in [6.45, 7) is 0. The first-order valence-corrected chi connectivity index (χ1v) is 8.79. The quantitative estimate of drug-likeness (QED) is 0.610. The molecular formula is C20H14F3N3O4. The van der Waals surface area contributed by atoms with E-state index in [0.29, 0.717) is 10.6 Å². The molecule has 2 aliphatic rings. The van der Waals surface area contributed by atoms with Gasteiger partial charge in [0.1, 0.15) is 23.4 Å². The van der Waals surface area contributed by atoms with E-state index < -0.39 is 41.3 Å². The maximum absolute atomic E-state index is 13.0. The summed E-state index contributed by atoms with van der Waals surface area (Å²) < 4.78 is 44.1. The smallest absolute Gasteiger partial charge is 0.416 e. The first-order valence-electron chi connectivity index (χ1n) is 8.79. The van der Waals surface area contributed by atoms with Gasteiger partial charge in [-0.3, -0.25) is 19.8 Å². The molecule has 0 aromatic heterocycles. The van der Waals surface area contributed by atoms with Gasteiger partial charge < -0.3 is 4.74 Å². The predicted molar refractivity (Wildman–Crippen MR) is 99.1 cm³/mol. The summed E-state index contributed by atoms with van der Waals surface area (Å²) in [6, 6.07) is 8.85. The van der Waals surface area contributed by atoms with Crippen LogP contribution in [0.2, 0.25) is 0 Å². The van der Waals surface area contributed by atoms with Crippen molar-refractivity contribution in [1.29, 1.82) is 0 Å². The molecule has 2 aromatic carbocycles. The van der Waals surface area contributed by atoms with E-state index in [1.807, 2.05) is 0 Å². The number of nitrogens with one attached hydrogen (secondary N) is 1. The van der Waals surface area contributed by atoms with Crippen LogP contribution in [0, 0.1) is 5.92 Å². The van der Waals surface area contributed by atoms with Crippen LogP contribution in [-0.4, -0.2) is 36.5 Å². The maximum atomic E-state index is 13.0. The van der Waals surface area contributed by atoms with Gasteiger partial charge >= 0.3 is 6.18 Å². The van der Waals surface area contributed by atoms with Gasteiger partial charge in [-0.05, 0) is 42.5 Å². The number of alkyl halides is 3. The summed E-state index contributed by atoms with van der Waals surface area (Å²) in [5.74, 6) is -2.84. The highest BCUT2D eigenvalue weighted by Gasteiger charge is 2.55. The number of hydrogen-bond acceptors (Lipinski definition) is 6. The van der Waals surface area contributed by atoms with Crippen molar-refractivity contribution < 1.29 is 32.3 Å². The number of benzene rings is 2. The molecule has 0 spiro atoms. The number of Topliss-reactive ketones (excluding diaryl/α,β-unsaturated/α-hetero) is 1. The van der Waals surface area contributed by atoms with Gasteiger partial charge in [0, 0.05) is 5.56 Å². The second kappa shape index (κ2) is 6.97. The van der Waals surface area contributed by atoms with Gasteiger partial charge in [0.25, 0.3) is 5.91 Å². The Morgan fingerprint density at radius 3 is 2.43 bits per heavy atom. The number of nitrogens with zero attached hydrogens (tertiary/aromatic N) is 2. The summed E-state index contributed by atoms with van der Waals surface area (Å²) in [6.07, 6.45) is -4.63. The van der Waals surface area contributed by atoms with Crippen LogP contribution in [0.15, 0.2) is 53.6 Å².